The van der Waals surface area contributed by atoms with Crippen molar-refractivity contribution in [2.24, 2.45) is 0 Å². The van der Waals surface area contributed by atoms with Crippen molar-refractivity contribution < 1.29 is 0 Å². The topological polar surface area (TPSA) is 0 Å². The highest BCUT2D eigenvalue weighted by Gasteiger charge is 1.89. The highest BCUT2D eigenvalue weighted by atomic mass is 35.5. The molecule has 84 valence electrons. The lowest BCUT2D eigenvalue weighted by Crippen LogP contribution is -1.62. The number of rotatable bonds is 0. The first-order chi connectivity index (χ1) is 7.59. The zero-order valence-electron chi connectivity index (χ0n) is 8.13. The Morgan fingerprint density at radius 2 is 1.00 bits per heavy atom. The highest BCUT2D eigenvalue weighted by Crippen LogP contribution is 2.19. The van der Waals surface area contributed by atoms with Crippen LogP contribution in [0.1, 0.15) is 0 Å². The summed E-state index contributed by atoms with van der Waals surface area (Å²) in [6, 6.07) is 14.3. The van der Waals surface area contributed by atoms with Crippen LogP contribution in [0.25, 0.3) is 0 Å². The minimum Gasteiger partial charge on any atom is -0.0843 e. The van der Waals surface area contributed by atoms with Gasteiger partial charge in [-0.1, -0.05) is 64.6 Å². The molecule has 0 nitrogen and oxygen atoms in total. The summed E-state index contributed by atoms with van der Waals surface area (Å²) in [6.45, 7) is 0. The van der Waals surface area contributed by atoms with Crippen LogP contribution in [-0.4, -0.2) is 0 Å². The Balaban J connectivity index is 0.000000160. The molecule has 0 bridgehead atoms. The molecule has 2 aromatic rings. The lowest BCUT2D eigenvalue weighted by molar-refractivity contribution is 1.71. The van der Waals surface area contributed by atoms with Gasteiger partial charge in [-0.2, -0.15) is 0 Å². The largest absolute Gasteiger partial charge is 0.0843 e. The molecule has 0 heterocycles. The van der Waals surface area contributed by atoms with Crippen molar-refractivity contribution in [3.63, 3.8) is 0 Å². The zero-order chi connectivity index (χ0) is 12.0. The van der Waals surface area contributed by atoms with Crippen LogP contribution in [0.2, 0.25) is 20.1 Å². The van der Waals surface area contributed by atoms with Crippen LogP contribution in [0.3, 0.4) is 0 Å². The predicted molar refractivity (Wildman–Crippen MR) is 72.9 cm³/mol. The van der Waals surface area contributed by atoms with Gasteiger partial charge in [0.15, 0.2) is 0 Å². The summed E-state index contributed by atoms with van der Waals surface area (Å²) < 4.78 is 0. The summed E-state index contributed by atoms with van der Waals surface area (Å²) >= 11 is 22.3. The molecule has 0 aromatic heterocycles. The van der Waals surface area contributed by atoms with Gasteiger partial charge < -0.3 is 0 Å². The molecule has 0 fully saturated rings. The fourth-order valence-electron chi connectivity index (χ4n) is 0.899. The van der Waals surface area contributed by atoms with Crippen molar-refractivity contribution in [1.29, 1.82) is 0 Å². The number of benzene rings is 2. The Hall–Kier alpha value is -0.400. The van der Waals surface area contributed by atoms with Gasteiger partial charge in [-0.3, -0.25) is 0 Å². The van der Waals surface area contributed by atoms with Crippen molar-refractivity contribution in [3.05, 3.63) is 68.6 Å². The van der Waals surface area contributed by atoms with E-state index in [0.717, 1.165) is 0 Å². The molecule has 0 amide bonds. The Morgan fingerprint density at radius 1 is 0.562 bits per heavy atom. The van der Waals surface area contributed by atoms with Gasteiger partial charge in [0.25, 0.3) is 0 Å². The molecular weight excluding hydrogens is 286 g/mol. The van der Waals surface area contributed by atoms with Gasteiger partial charge >= 0.3 is 0 Å². The molecule has 0 atom stereocenters. The van der Waals surface area contributed by atoms with Crippen LogP contribution in [-0.2, 0) is 0 Å². The third kappa shape index (κ3) is 5.09. The first kappa shape index (κ1) is 13.7. The zero-order valence-corrected chi connectivity index (χ0v) is 11.2. The van der Waals surface area contributed by atoms with Crippen molar-refractivity contribution >= 4 is 46.4 Å². The predicted octanol–water partition coefficient (Wildman–Crippen LogP) is 5.99. The molecule has 2 rings (SSSR count). The molecule has 2 aromatic carbocycles. The van der Waals surface area contributed by atoms with Crippen molar-refractivity contribution in [2.45, 2.75) is 0 Å². The third-order valence-corrected chi connectivity index (χ3v) is 2.84. The fraction of sp³-hybridized carbons (Fsp3) is 0. The Morgan fingerprint density at radius 3 is 1.25 bits per heavy atom. The maximum Gasteiger partial charge on any atom is 0.0592 e. The summed E-state index contributed by atoms with van der Waals surface area (Å²) in [5.74, 6) is 0. The van der Waals surface area contributed by atoms with Gasteiger partial charge in [0.1, 0.15) is 0 Å². The average molecular weight is 294 g/mol. The van der Waals surface area contributed by atoms with Gasteiger partial charge in [-0.05, 0) is 30.3 Å². The first-order valence-corrected chi connectivity index (χ1v) is 5.92. The normalized spacial score (nSPS) is 9.25. The van der Waals surface area contributed by atoms with Crippen molar-refractivity contribution in [2.75, 3.05) is 0 Å². The molecule has 0 saturated heterocycles. The quantitative estimate of drug-likeness (QED) is 0.560. The summed E-state index contributed by atoms with van der Waals surface area (Å²) in [7, 11) is 0. The van der Waals surface area contributed by atoms with Crippen LogP contribution in [0.4, 0.5) is 0 Å². The second kappa shape index (κ2) is 7.03. The molecule has 0 saturated carbocycles. The van der Waals surface area contributed by atoms with Gasteiger partial charge in [-0.25, -0.2) is 0 Å². The third-order valence-electron chi connectivity index (χ3n) is 1.61. The Bertz CT molecular complexity index is 416. The molecule has 0 radical (unpaired) electrons. The molecule has 0 unspecified atom stereocenters. The number of hydrogen-bond donors (Lipinski definition) is 0. The van der Waals surface area contributed by atoms with E-state index < -0.39 is 0 Å². The van der Waals surface area contributed by atoms with E-state index in [2.05, 4.69) is 0 Å². The van der Waals surface area contributed by atoms with E-state index in [0.29, 0.717) is 20.1 Å². The van der Waals surface area contributed by atoms with E-state index in [9.17, 15) is 0 Å². The molecule has 0 N–H and O–H groups in total. The van der Waals surface area contributed by atoms with E-state index in [-0.39, 0.29) is 0 Å². The summed E-state index contributed by atoms with van der Waals surface area (Å²) in [5, 5.41) is 2.57. The highest BCUT2D eigenvalue weighted by molar-refractivity contribution is 6.41. The standard InChI is InChI=1S/2C6H4Cl2/c7-5-2-1-3-6(8)4-5;7-5-3-1-2-4-6(5)8/h2*1-4H. The van der Waals surface area contributed by atoms with E-state index in [4.69, 9.17) is 46.4 Å². The fourth-order valence-corrected chi connectivity index (χ4v) is 1.61. The van der Waals surface area contributed by atoms with Crippen LogP contribution in [0, 0.1) is 0 Å². The summed E-state index contributed by atoms with van der Waals surface area (Å²) in [5.41, 5.74) is 0. The van der Waals surface area contributed by atoms with Crippen molar-refractivity contribution in [1.82, 2.24) is 0 Å². The maximum absolute atomic E-state index is 5.58. The molecular formula is C12H8Cl4. The molecule has 0 aliphatic carbocycles. The average Bonchev–Trinajstić information content (AvgIpc) is 2.23. The Kier molecular flexibility index (Phi) is 6.00. The van der Waals surface area contributed by atoms with Crippen molar-refractivity contribution in [3.8, 4) is 0 Å². The number of hydrogen-bond acceptors (Lipinski definition) is 0. The van der Waals surface area contributed by atoms with Gasteiger partial charge in [0, 0.05) is 10.0 Å². The summed E-state index contributed by atoms with van der Waals surface area (Å²) in [4.78, 5) is 0. The monoisotopic (exact) mass is 292 g/mol. The van der Waals surface area contributed by atoms with E-state index in [1.165, 1.54) is 0 Å². The second-order valence-corrected chi connectivity index (χ2v) is 4.54. The van der Waals surface area contributed by atoms with Gasteiger partial charge in [0.05, 0.1) is 10.0 Å². The summed E-state index contributed by atoms with van der Waals surface area (Å²) in [6.07, 6.45) is 0. The van der Waals surface area contributed by atoms with E-state index >= 15 is 0 Å². The first-order valence-electron chi connectivity index (χ1n) is 4.40. The Labute approximate surface area is 115 Å². The van der Waals surface area contributed by atoms with Crippen LogP contribution in [0.15, 0.2) is 48.5 Å². The van der Waals surface area contributed by atoms with Crippen LogP contribution < -0.4 is 0 Å². The van der Waals surface area contributed by atoms with Gasteiger partial charge in [0.2, 0.25) is 0 Å². The minimum atomic E-state index is 0.606. The van der Waals surface area contributed by atoms with Crippen LogP contribution in [0.5, 0.6) is 0 Å². The minimum absolute atomic E-state index is 0.606. The molecule has 4 heteroatoms. The molecule has 0 aliphatic heterocycles. The van der Waals surface area contributed by atoms with Crippen LogP contribution >= 0.6 is 46.4 Å². The lowest BCUT2D eigenvalue weighted by Gasteiger charge is -1.88. The molecule has 0 aliphatic rings. The lowest BCUT2D eigenvalue weighted by atomic mass is 10.4. The smallest absolute Gasteiger partial charge is 0.0592 e. The van der Waals surface area contributed by atoms with E-state index in [1.807, 2.05) is 18.2 Å². The van der Waals surface area contributed by atoms with Gasteiger partial charge in [-0.15, -0.1) is 0 Å². The SMILES string of the molecule is Clc1cccc(Cl)c1.Clc1ccccc1Cl. The molecule has 0 spiro atoms. The molecule has 16 heavy (non-hydrogen) atoms. The van der Waals surface area contributed by atoms with E-state index in [1.54, 1.807) is 30.3 Å². The maximum atomic E-state index is 5.58. The second-order valence-electron chi connectivity index (χ2n) is 2.85. The number of halogens is 4.